The highest BCUT2D eigenvalue weighted by atomic mass is 32.2. The highest BCUT2D eigenvalue weighted by Gasteiger charge is 2.25. The molecule has 1 fully saturated rings. The van der Waals surface area contributed by atoms with Crippen molar-refractivity contribution in [3.05, 3.63) is 89.5 Å². The zero-order chi connectivity index (χ0) is 23.9. The van der Waals surface area contributed by atoms with Crippen LogP contribution in [0.4, 0.5) is 11.4 Å². The number of benzene rings is 3. The van der Waals surface area contributed by atoms with Gasteiger partial charge in [-0.15, -0.1) is 0 Å². The van der Waals surface area contributed by atoms with Crippen LogP contribution in [0, 0.1) is 5.41 Å². The van der Waals surface area contributed by atoms with Gasteiger partial charge < -0.3 is 16.0 Å². The van der Waals surface area contributed by atoms with Crippen molar-refractivity contribution >= 4 is 34.9 Å². The molecule has 0 aliphatic carbocycles. The Labute approximate surface area is 205 Å². The van der Waals surface area contributed by atoms with Gasteiger partial charge in [0.15, 0.2) is 0 Å². The Morgan fingerprint density at radius 1 is 1.00 bits per heavy atom. The van der Waals surface area contributed by atoms with E-state index in [0.29, 0.717) is 23.5 Å². The monoisotopic (exact) mass is 473 g/mol. The van der Waals surface area contributed by atoms with E-state index in [2.05, 4.69) is 10.2 Å². The largest absolute Gasteiger partial charge is 0.398 e. The van der Waals surface area contributed by atoms with Crippen LogP contribution >= 0.6 is 11.9 Å². The van der Waals surface area contributed by atoms with Crippen LogP contribution in [0.2, 0.25) is 0 Å². The number of piperidine rings is 1. The summed E-state index contributed by atoms with van der Waals surface area (Å²) in [6, 6.07) is 22.7. The number of carbonyl (C=O) groups is 1. The van der Waals surface area contributed by atoms with E-state index in [1.54, 1.807) is 18.2 Å². The van der Waals surface area contributed by atoms with Gasteiger partial charge in [-0.2, -0.15) is 0 Å². The van der Waals surface area contributed by atoms with E-state index in [9.17, 15) is 4.79 Å². The second-order valence-corrected chi connectivity index (χ2v) is 9.34. The fourth-order valence-electron chi connectivity index (χ4n) is 4.39. The summed E-state index contributed by atoms with van der Waals surface area (Å²) in [4.78, 5) is 16.7. The predicted molar refractivity (Wildman–Crippen MR) is 141 cm³/mol. The molecular formula is C27H31N5OS. The first-order valence-electron chi connectivity index (χ1n) is 11.6. The first-order chi connectivity index (χ1) is 16.5. The highest BCUT2D eigenvalue weighted by molar-refractivity contribution is 7.97. The quantitative estimate of drug-likeness (QED) is 0.212. The van der Waals surface area contributed by atoms with Gasteiger partial charge in [-0.25, -0.2) is 0 Å². The topological polar surface area (TPSA) is 108 Å². The lowest BCUT2D eigenvalue weighted by Gasteiger charge is -2.30. The number of nitrogens with zero attached hydrogens (tertiary/aromatic N) is 1. The lowest BCUT2D eigenvalue weighted by atomic mass is 9.96. The molecule has 1 amide bonds. The normalized spacial score (nSPS) is 15.0. The first kappa shape index (κ1) is 24.0. The van der Waals surface area contributed by atoms with Crippen molar-refractivity contribution in [2.75, 3.05) is 30.7 Å². The summed E-state index contributed by atoms with van der Waals surface area (Å²) in [5, 5.41) is 17.5. The summed E-state index contributed by atoms with van der Waals surface area (Å²) in [7, 11) is 0. The number of amides is 1. The Kier molecular flexibility index (Phi) is 8.00. The zero-order valence-corrected chi connectivity index (χ0v) is 20.0. The van der Waals surface area contributed by atoms with E-state index in [-0.39, 0.29) is 17.5 Å². The average molecular weight is 474 g/mol. The van der Waals surface area contributed by atoms with Crippen LogP contribution in [0.25, 0.3) is 0 Å². The van der Waals surface area contributed by atoms with Gasteiger partial charge in [-0.05, 0) is 73.8 Å². The van der Waals surface area contributed by atoms with Crippen molar-refractivity contribution < 1.29 is 4.79 Å². The molecule has 4 rings (SSSR count). The molecule has 176 valence electrons. The summed E-state index contributed by atoms with van der Waals surface area (Å²) < 4.78 is 0. The van der Waals surface area contributed by atoms with E-state index in [0.717, 1.165) is 41.1 Å². The Morgan fingerprint density at radius 3 is 2.50 bits per heavy atom. The van der Waals surface area contributed by atoms with Crippen molar-refractivity contribution in [1.29, 1.82) is 5.41 Å². The molecule has 0 radical (unpaired) electrons. The minimum atomic E-state index is -0.280. The van der Waals surface area contributed by atoms with Crippen molar-refractivity contribution in [3.8, 4) is 0 Å². The van der Waals surface area contributed by atoms with Crippen molar-refractivity contribution in [2.24, 2.45) is 5.14 Å². The summed E-state index contributed by atoms with van der Waals surface area (Å²) in [5.74, 6) is -0.335. The molecule has 6 N–H and O–H groups in total. The fraction of sp³-hybridized carbons (Fsp3) is 0.259. The maximum absolute atomic E-state index is 13.5. The Bertz CT molecular complexity index is 1140. The van der Waals surface area contributed by atoms with Gasteiger partial charge in [0.05, 0.1) is 11.6 Å². The van der Waals surface area contributed by atoms with Crippen molar-refractivity contribution in [2.45, 2.75) is 30.1 Å². The molecule has 1 unspecified atom stereocenters. The average Bonchev–Trinajstić information content (AvgIpc) is 2.89. The lowest BCUT2D eigenvalue weighted by Crippen LogP contribution is -2.37. The number of anilines is 2. The number of nitrogens with two attached hydrogens (primary N) is 2. The minimum Gasteiger partial charge on any atom is -0.398 e. The van der Waals surface area contributed by atoms with Crippen LogP contribution < -0.4 is 16.2 Å². The smallest absolute Gasteiger partial charge is 0.233 e. The Hall–Kier alpha value is -3.13. The molecule has 1 aliphatic rings. The van der Waals surface area contributed by atoms with E-state index in [1.165, 1.54) is 19.3 Å². The molecule has 1 heterocycles. The van der Waals surface area contributed by atoms with Crippen molar-refractivity contribution in [3.63, 3.8) is 0 Å². The number of nitrogens with one attached hydrogen (secondary N) is 2. The summed E-state index contributed by atoms with van der Waals surface area (Å²) >= 11 is 1.14. The van der Waals surface area contributed by atoms with Gasteiger partial charge in [0.2, 0.25) is 5.91 Å². The van der Waals surface area contributed by atoms with Crippen LogP contribution in [0.3, 0.4) is 0 Å². The van der Waals surface area contributed by atoms with E-state index in [4.69, 9.17) is 16.3 Å². The molecule has 0 spiro atoms. The third-order valence-electron chi connectivity index (χ3n) is 6.26. The standard InChI is InChI=1S/C27H31N5OS/c28-25-13-12-21(17-23(25)26(29)20-10-7-11-22(16-20)34-30)31-27(33)24(19-8-3-1-4-9-19)18-32-14-5-2-6-15-32/h1,3-4,7-13,16-17,24,29H,2,5-6,14-15,18,28,30H2,(H,31,33). The molecule has 1 atom stereocenters. The Balaban J connectivity index is 1.56. The summed E-state index contributed by atoms with van der Waals surface area (Å²) in [6.45, 7) is 2.75. The maximum Gasteiger partial charge on any atom is 0.233 e. The fourth-order valence-corrected chi connectivity index (χ4v) is 4.74. The van der Waals surface area contributed by atoms with Gasteiger partial charge >= 0.3 is 0 Å². The predicted octanol–water partition coefficient (Wildman–Crippen LogP) is 4.86. The number of likely N-dealkylation sites (tertiary alicyclic amines) is 1. The van der Waals surface area contributed by atoms with Gasteiger partial charge in [0.25, 0.3) is 0 Å². The van der Waals surface area contributed by atoms with Crippen molar-refractivity contribution in [1.82, 2.24) is 4.90 Å². The van der Waals surface area contributed by atoms with E-state index >= 15 is 0 Å². The van der Waals surface area contributed by atoms with Crippen LogP contribution in [0.15, 0.2) is 77.7 Å². The van der Waals surface area contributed by atoms with E-state index in [1.807, 2.05) is 54.6 Å². The van der Waals surface area contributed by atoms with Gasteiger partial charge in [-0.1, -0.05) is 48.9 Å². The van der Waals surface area contributed by atoms with Crippen LogP contribution in [0.5, 0.6) is 0 Å². The first-order valence-corrected chi connectivity index (χ1v) is 12.5. The number of nitrogen functional groups attached to an aromatic ring is 1. The lowest BCUT2D eigenvalue weighted by molar-refractivity contribution is -0.118. The second kappa shape index (κ2) is 11.3. The summed E-state index contributed by atoms with van der Waals surface area (Å²) in [5.41, 5.74) is 9.92. The van der Waals surface area contributed by atoms with Crippen LogP contribution in [0.1, 0.15) is 41.9 Å². The number of carbonyl (C=O) groups excluding carboxylic acids is 1. The molecular weight excluding hydrogens is 442 g/mol. The molecule has 3 aromatic rings. The second-order valence-electron chi connectivity index (χ2n) is 8.64. The maximum atomic E-state index is 13.5. The minimum absolute atomic E-state index is 0.0550. The third kappa shape index (κ3) is 5.86. The molecule has 34 heavy (non-hydrogen) atoms. The van der Waals surface area contributed by atoms with Gasteiger partial charge in [0, 0.05) is 33.9 Å². The van der Waals surface area contributed by atoms with E-state index < -0.39 is 0 Å². The van der Waals surface area contributed by atoms with Gasteiger partial charge in [0.1, 0.15) is 0 Å². The number of hydrogen-bond acceptors (Lipinski definition) is 6. The van der Waals surface area contributed by atoms with Crippen LogP contribution in [-0.2, 0) is 4.79 Å². The summed E-state index contributed by atoms with van der Waals surface area (Å²) in [6.07, 6.45) is 3.61. The molecule has 3 aromatic carbocycles. The molecule has 6 nitrogen and oxygen atoms in total. The Morgan fingerprint density at radius 2 is 1.76 bits per heavy atom. The highest BCUT2D eigenvalue weighted by Crippen LogP contribution is 2.26. The third-order valence-corrected chi connectivity index (χ3v) is 6.78. The number of hydrogen-bond donors (Lipinski definition) is 4. The molecule has 7 heteroatoms. The molecule has 0 aromatic heterocycles. The molecule has 0 bridgehead atoms. The van der Waals surface area contributed by atoms with Gasteiger partial charge in [-0.3, -0.25) is 15.3 Å². The SMILES string of the molecule is N=C(c1cccc(SN)c1)c1cc(NC(=O)C(CN2CCCCC2)c2ccccc2)ccc1N. The molecule has 0 saturated carbocycles. The number of rotatable bonds is 8. The molecule has 1 saturated heterocycles. The molecule has 1 aliphatic heterocycles. The van der Waals surface area contributed by atoms with Crippen LogP contribution in [-0.4, -0.2) is 36.2 Å². The zero-order valence-electron chi connectivity index (χ0n) is 19.2.